The van der Waals surface area contributed by atoms with Crippen LogP contribution in [0.5, 0.6) is 0 Å². The van der Waals surface area contributed by atoms with Crippen molar-refractivity contribution in [3.8, 4) is 0 Å². The first-order valence-electron chi connectivity index (χ1n) is 3.76. The summed E-state index contributed by atoms with van der Waals surface area (Å²) in [6.45, 7) is 6.51. The summed E-state index contributed by atoms with van der Waals surface area (Å²) in [5, 5.41) is 0.730. The highest BCUT2D eigenvalue weighted by Crippen LogP contribution is 2.02. The molecule has 1 nitrogen and oxygen atoms in total. The summed E-state index contributed by atoms with van der Waals surface area (Å²) >= 11 is 5.76. The van der Waals surface area contributed by atoms with Crippen LogP contribution in [0.1, 0.15) is 20.8 Å². The molecule has 0 atom stereocenters. The van der Waals surface area contributed by atoms with Crippen molar-refractivity contribution in [1.82, 2.24) is 0 Å². The van der Waals surface area contributed by atoms with Crippen LogP contribution < -0.4 is 0 Å². The Balaban J connectivity index is 3.56. The summed E-state index contributed by atoms with van der Waals surface area (Å²) in [6.07, 6.45) is 5.85. The van der Waals surface area contributed by atoms with Crippen LogP contribution in [0.3, 0.4) is 0 Å². The highest BCUT2D eigenvalue weighted by molar-refractivity contribution is 6.31. The van der Waals surface area contributed by atoms with Crippen molar-refractivity contribution in [2.75, 3.05) is 6.61 Å². The van der Waals surface area contributed by atoms with E-state index in [9.17, 15) is 0 Å². The van der Waals surface area contributed by atoms with E-state index in [0.29, 0.717) is 6.61 Å². The van der Waals surface area contributed by atoms with Gasteiger partial charge in [-0.3, -0.25) is 0 Å². The van der Waals surface area contributed by atoms with Gasteiger partial charge in [-0.2, -0.15) is 0 Å². The van der Waals surface area contributed by atoms with Crippen LogP contribution in [-0.4, -0.2) is 12.7 Å². The number of hydrogen-bond donors (Lipinski definition) is 0. The predicted molar refractivity (Wildman–Crippen MR) is 49.8 cm³/mol. The van der Waals surface area contributed by atoms with Crippen LogP contribution in [0, 0.1) is 0 Å². The van der Waals surface area contributed by atoms with Gasteiger partial charge in [0, 0.05) is 5.03 Å². The Labute approximate surface area is 73.7 Å². The van der Waals surface area contributed by atoms with E-state index in [1.807, 2.05) is 39.0 Å². The van der Waals surface area contributed by atoms with Crippen molar-refractivity contribution in [3.63, 3.8) is 0 Å². The van der Waals surface area contributed by atoms with Crippen molar-refractivity contribution in [2.45, 2.75) is 26.9 Å². The second-order valence-corrected chi connectivity index (χ2v) is 2.91. The average Bonchev–Trinajstić information content (AvgIpc) is 1.87. The molecule has 0 saturated heterocycles. The molecule has 0 aromatic rings. The van der Waals surface area contributed by atoms with Gasteiger partial charge in [-0.25, -0.2) is 0 Å². The molecule has 0 rings (SSSR count). The number of allylic oxidation sites excluding steroid dienone is 3. The molecule has 2 heteroatoms. The Hall–Kier alpha value is -0.270. The Morgan fingerprint density at radius 2 is 2.18 bits per heavy atom. The van der Waals surface area contributed by atoms with Gasteiger partial charge in [-0.1, -0.05) is 17.7 Å². The summed E-state index contributed by atoms with van der Waals surface area (Å²) < 4.78 is 5.26. The van der Waals surface area contributed by atoms with Crippen molar-refractivity contribution >= 4 is 11.6 Å². The molecule has 0 aliphatic heterocycles. The third-order valence-corrected chi connectivity index (χ3v) is 1.31. The summed E-state index contributed by atoms with van der Waals surface area (Å²) in [6, 6.07) is 0. The van der Waals surface area contributed by atoms with Gasteiger partial charge < -0.3 is 4.74 Å². The first-order chi connectivity index (χ1) is 5.16. The standard InChI is InChI=1S/C9H15ClO/c1-4-5-9(10)6-7-11-8(2)3/h4-6,8H,7H2,1-3H3. The maximum atomic E-state index is 5.76. The molecule has 0 N–H and O–H groups in total. The van der Waals surface area contributed by atoms with Gasteiger partial charge in [0.05, 0.1) is 12.7 Å². The van der Waals surface area contributed by atoms with E-state index in [4.69, 9.17) is 16.3 Å². The van der Waals surface area contributed by atoms with Gasteiger partial charge >= 0.3 is 0 Å². The summed E-state index contributed by atoms with van der Waals surface area (Å²) in [4.78, 5) is 0. The lowest BCUT2D eigenvalue weighted by atomic mass is 10.4. The Morgan fingerprint density at radius 3 is 2.64 bits per heavy atom. The number of halogens is 1. The fraction of sp³-hybridized carbons (Fsp3) is 0.556. The zero-order valence-corrected chi connectivity index (χ0v) is 8.06. The molecule has 0 amide bonds. The van der Waals surface area contributed by atoms with E-state index < -0.39 is 0 Å². The zero-order valence-electron chi connectivity index (χ0n) is 7.30. The zero-order chi connectivity index (χ0) is 8.69. The highest BCUT2D eigenvalue weighted by Gasteiger charge is 1.89. The fourth-order valence-electron chi connectivity index (χ4n) is 0.547. The number of rotatable bonds is 4. The normalized spacial score (nSPS) is 13.4. The summed E-state index contributed by atoms with van der Waals surface area (Å²) in [5.41, 5.74) is 0. The monoisotopic (exact) mass is 174 g/mol. The maximum absolute atomic E-state index is 5.76. The van der Waals surface area contributed by atoms with E-state index in [-0.39, 0.29) is 6.10 Å². The van der Waals surface area contributed by atoms with Gasteiger partial charge in [-0.05, 0) is 32.9 Å². The van der Waals surface area contributed by atoms with Crippen molar-refractivity contribution in [2.24, 2.45) is 0 Å². The SMILES string of the molecule is CC=CC(Cl)=CCOC(C)C. The summed E-state index contributed by atoms with van der Waals surface area (Å²) in [7, 11) is 0. The van der Waals surface area contributed by atoms with E-state index in [1.54, 1.807) is 0 Å². The minimum atomic E-state index is 0.265. The third-order valence-electron chi connectivity index (χ3n) is 1.03. The molecule has 0 aliphatic carbocycles. The molecule has 0 bridgehead atoms. The molecule has 0 aliphatic rings. The minimum absolute atomic E-state index is 0.265. The third kappa shape index (κ3) is 7.63. The van der Waals surface area contributed by atoms with Crippen molar-refractivity contribution in [1.29, 1.82) is 0 Å². The van der Waals surface area contributed by atoms with Crippen LogP contribution in [0.2, 0.25) is 0 Å². The molecule has 0 unspecified atom stereocenters. The molecule has 0 spiro atoms. The Kier molecular flexibility index (Phi) is 6.28. The first kappa shape index (κ1) is 10.7. The number of ether oxygens (including phenoxy) is 1. The molecule has 0 saturated carbocycles. The molecule has 0 aromatic carbocycles. The van der Waals surface area contributed by atoms with Gasteiger partial charge in [-0.15, -0.1) is 0 Å². The largest absolute Gasteiger partial charge is 0.375 e. The quantitative estimate of drug-likeness (QED) is 0.596. The molecule has 0 radical (unpaired) electrons. The van der Waals surface area contributed by atoms with Gasteiger partial charge in [0.15, 0.2) is 0 Å². The van der Waals surface area contributed by atoms with Crippen LogP contribution in [0.25, 0.3) is 0 Å². The first-order valence-corrected chi connectivity index (χ1v) is 4.14. The minimum Gasteiger partial charge on any atom is -0.375 e. The second-order valence-electron chi connectivity index (χ2n) is 2.47. The smallest absolute Gasteiger partial charge is 0.0668 e. The molecule has 0 heterocycles. The fourth-order valence-corrected chi connectivity index (χ4v) is 0.736. The van der Waals surface area contributed by atoms with Crippen LogP contribution in [0.4, 0.5) is 0 Å². The molecular weight excluding hydrogens is 160 g/mol. The van der Waals surface area contributed by atoms with E-state index in [1.165, 1.54) is 0 Å². The van der Waals surface area contributed by atoms with E-state index in [0.717, 1.165) is 5.03 Å². The second kappa shape index (κ2) is 6.44. The van der Waals surface area contributed by atoms with Crippen LogP contribution >= 0.6 is 11.6 Å². The molecular formula is C9H15ClO. The van der Waals surface area contributed by atoms with Crippen molar-refractivity contribution in [3.05, 3.63) is 23.3 Å². The Bertz CT molecular complexity index is 148. The van der Waals surface area contributed by atoms with Gasteiger partial charge in [0.2, 0.25) is 0 Å². The lowest BCUT2D eigenvalue weighted by molar-refractivity contribution is 0.102. The van der Waals surface area contributed by atoms with Gasteiger partial charge in [0.1, 0.15) is 0 Å². The lowest BCUT2D eigenvalue weighted by Crippen LogP contribution is -2.01. The van der Waals surface area contributed by atoms with E-state index in [2.05, 4.69) is 0 Å². The highest BCUT2D eigenvalue weighted by atomic mass is 35.5. The van der Waals surface area contributed by atoms with Crippen LogP contribution in [0.15, 0.2) is 23.3 Å². The van der Waals surface area contributed by atoms with Crippen molar-refractivity contribution < 1.29 is 4.74 Å². The molecule has 0 aromatic heterocycles. The number of hydrogen-bond acceptors (Lipinski definition) is 1. The van der Waals surface area contributed by atoms with E-state index >= 15 is 0 Å². The maximum Gasteiger partial charge on any atom is 0.0668 e. The lowest BCUT2D eigenvalue weighted by Gasteiger charge is -2.02. The molecule has 0 fully saturated rings. The average molecular weight is 175 g/mol. The predicted octanol–water partition coefficient (Wildman–Crippen LogP) is 3.11. The summed E-state index contributed by atoms with van der Waals surface area (Å²) in [5.74, 6) is 0. The molecule has 64 valence electrons. The van der Waals surface area contributed by atoms with Crippen LogP contribution in [-0.2, 0) is 4.74 Å². The topological polar surface area (TPSA) is 9.23 Å². The molecule has 11 heavy (non-hydrogen) atoms. The van der Waals surface area contributed by atoms with Gasteiger partial charge in [0.25, 0.3) is 0 Å². The Morgan fingerprint density at radius 1 is 1.55 bits per heavy atom.